The normalized spacial score (nSPS) is 25.5. The molecule has 0 aliphatic heterocycles. The summed E-state index contributed by atoms with van der Waals surface area (Å²) in [6.07, 6.45) is 3.95. The van der Waals surface area contributed by atoms with Gasteiger partial charge in [-0.3, -0.25) is 0 Å². The van der Waals surface area contributed by atoms with E-state index < -0.39 is 0 Å². The van der Waals surface area contributed by atoms with Gasteiger partial charge in [-0.15, -0.1) is 10.2 Å². The minimum absolute atomic E-state index is 0.00433. The molecule has 0 spiro atoms. The first-order valence-corrected chi connectivity index (χ1v) is 6.85. The summed E-state index contributed by atoms with van der Waals surface area (Å²) in [5.41, 5.74) is 0.00433. The van der Waals surface area contributed by atoms with Gasteiger partial charge < -0.3 is 4.57 Å². The SMILES string of the molecule is CC1CCC(Cn2c(Cl)nnc2C(C)(C)C)C1. The predicted molar refractivity (Wildman–Crippen MR) is 70.2 cm³/mol. The lowest BCUT2D eigenvalue weighted by Gasteiger charge is -2.21. The van der Waals surface area contributed by atoms with Crippen molar-refractivity contribution in [2.45, 2.75) is 58.9 Å². The van der Waals surface area contributed by atoms with Gasteiger partial charge in [-0.25, -0.2) is 0 Å². The number of hydrogen-bond acceptors (Lipinski definition) is 2. The quantitative estimate of drug-likeness (QED) is 0.807. The summed E-state index contributed by atoms with van der Waals surface area (Å²) in [5, 5.41) is 8.79. The second-order valence-corrected chi connectivity index (χ2v) is 6.78. The molecule has 0 aromatic carbocycles. The first kappa shape index (κ1) is 12.9. The van der Waals surface area contributed by atoms with Crippen LogP contribution in [0.15, 0.2) is 0 Å². The molecule has 2 unspecified atom stereocenters. The fourth-order valence-electron chi connectivity index (χ4n) is 2.75. The van der Waals surface area contributed by atoms with Crippen molar-refractivity contribution in [2.75, 3.05) is 0 Å². The maximum absolute atomic E-state index is 6.16. The third-order valence-corrected chi connectivity index (χ3v) is 3.90. The summed E-state index contributed by atoms with van der Waals surface area (Å²) in [4.78, 5) is 0. The van der Waals surface area contributed by atoms with Crippen LogP contribution in [0.3, 0.4) is 0 Å². The molecule has 1 aromatic heterocycles. The monoisotopic (exact) mass is 255 g/mol. The van der Waals surface area contributed by atoms with Crippen molar-refractivity contribution in [3.05, 3.63) is 11.1 Å². The summed E-state index contributed by atoms with van der Waals surface area (Å²) < 4.78 is 2.10. The molecule has 0 saturated heterocycles. The Bertz CT molecular complexity index is 392. The Labute approximate surface area is 109 Å². The summed E-state index contributed by atoms with van der Waals surface area (Å²) >= 11 is 6.16. The molecule has 1 aliphatic rings. The Balaban J connectivity index is 2.17. The molecule has 4 heteroatoms. The first-order valence-electron chi connectivity index (χ1n) is 6.47. The number of rotatable bonds is 2. The predicted octanol–water partition coefficient (Wildman–Crippen LogP) is 3.67. The van der Waals surface area contributed by atoms with Crippen molar-refractivity contribution in [1.82, 2.24) is 14.8 Å². The Morgan fingerprint density at radius 3 is 2.53 bits per heavy atom. The Hall–Kier alpha value is -0.570. The highest BCUT2D eigenvalue weighted by atomic mass is 35.5. The van der Waals surface area contributed by atoms with Crippen LogP contribution in [0.5, 0.6) is 0 Å². The van der Waals surface area contributed by atoms with Crippen LogP contribution in [0.1, 0.15) is 52.8 Å². The second-order valence-electron chi connectivity index (χ2n) is 6.44. The highest BCUT2D eigenvalue weighted by Crippen LogP contribution is 2.33. The molecule has 1 aromatic rings. The van der Waals surface area contributed by atoms with E-state index in [0.29, 0.717) is 5.28 Å². The van der Waals surface area contributed by atoms with Crippen molar-refractivity contribution in [3.8, 4) is 0 Å². The average Bonchev–Trinajstić information content (AvgIpc) is 2.74. The molecular formula is C13H22ClN3. The largest absolute Gasteiger partial charge is 0.301 e. The Morgan fingerprint density at radius 2 is 2.00 bits per heavy atom. The maximum Gasteiger partial charge on any atom is 0.225 e. The zero-order chi connectivity index (χ0) is 12.6. The highest BCUT2D eigenvalue weighted by Gasteiger charge is 2.27. The van der Waals surface area contributed by atoms with Crippen LogP contribution in [0.4, 0.5) is 0 Å². The van der Waals surface area contributed by atoms with E-state index in [1.807, 2.05) is 0 Å². The number of halogens is 1. The molecule has 2 rings (SSSR count). The van der Waals surface area contributed by atoms with E-state index in [4.69, 9.17) is 11.6 Å². The molecule has 1 aliphatic carbocycles. The Morgan fingerprint density at radius 1 is 1.29 bits per heavy atom. The lowest BCUT2D eigenvalue weighted by molar-refractivity contribution is 0.407. The lowest BCUT2D eigenvalue weighted by atomic mass is 9.95. The average molecular weight is 256 g/mol. The van der Waals surface area contributed by atoms with E-state index in [1.54, 1.807) is 0 Å². The van der Waals surface area contributed by atoms with Crippen LogP contribution in [0.2, 0.25) is 5.28 Å². The van der Waals surface area contributed by atoms with Gasteiger partial charge in [0, 0.05) is 12.0 Å². The van der Waals surface area contributed by atoms with Crippen LogP contribution < -0.4 is 0 Å². The minimum Gasteiger partial charge on any atom is -0.301 e. The van der Waals surface area contributed by atoms with Crippen molar-refractivity contribution < 1.29 is 0 Å². The van der Waals surface area contributed by atoms with E-state index in [1.165, 1.54) is 19.3 Å². The standard InChI is InChI=1S/C13H22ClN3/c1-9-5-6-10(7-9)8-17-11(13(2,3)4)15-16-12(17)14/h9-10H,5-8H2,1-4H3. The van der Waals surface area contributed by atoms with E-state index in [0.717, 1.165) is 24.2 Å². The molecule has 0 bridgehead atoms. The minimum atomic E-state index is 0.00433. The summed E-state index contributed by atoms with van der Waals surface area (Å²) in [7, 11) is 0. The molecule has 0 amide bonds. The van der Waals surface area contributed by atoms with Crippen molar-refractivity contribution in [2.24, 2.45) is 11.8 Å². The van der Waals surface area contributed by atoms with Crippen LogP contribution in [-0.2, 0) is 12.0 Å². The number of hydrogen-bond donors (Lipinski definition) is 0. The molecule has 1 fully saturated rings. The first-order chi connectivity index (χ1) is 7.88. The molecule has 0 radical (unpaired) electrons. The molecule has 0 N–H and O–H groups in total. The third kappa shape index (κ3) is 2.82. The number of nitrogens with zero attached hydrogens (tertiary/aromatic N) is 3. The fraction of sp³-hybridized carbons (Fsp3) is 0.846. The van der Waals surface area contributed by atoms with E-state index >= 15 is 0 Å². The van der Waals surface area contributed by atoms with Gasteiger partial charge in [-0.2, -0.15) is 0 Å². The summed E-state index contributed by atoms with van der Waals surface area (Å²) in [6.45, 7) is 9.77. The molecule has 17 heavy (non-hydrogen) atoms. The summed E-state index contributed by atoms with van der Waals surface area (Å²) in [5.74, 6) is 2.59. The van der Waals surface area contributed by atoms with E-state index in [9.17, 15) is 0 Å². The molecule has 1 saturated carbocycles. The van der Waals surface area contributed by atoms with Crippen molar-refractivity contribution in [3.63, 3.8) is 0 Å². The topological polar surface area (TPSA) is 30.7 Å². The van der Waals surface area contributed by atoms with Crippen LogP contribution in [0, 0.1) is 11.8 Å². The van der Waals surface area contributed by atoms with E-state index in [-0.39, 0.29) is 5.41 Å². The van der Waals surface area contributed by atoms with Gasteiger partial charge in [0.05, 0.1) is 0 Å². The third-order valence-electron chi connectivity index (χ3n) is 3.62. The van der Waals surface area contributed by atoms with Gasteiger partial charge in [-0.1, -0.05) is 34.1 Å². The van der Waals surface area contributed by atoms with E-state index in [2.05, 4.69) is 42.5 Å². The van der Waals surface area contributed by atoms with Gasteiger partial charge in [0.15, 0.2) is 0 Å². The van der Waals surface area contributed by atoms with Crippen LogP contribution in [0.25, 0.3) is 0 Å². The van der Waals surface area contributed by atoms with Crippen molar-refractivity contribution >= 4 is 11.6 Å². The van der Waals surface area contributed by atoms with Gasteiger partial charge in [0.1, 0.15) is 5.82 Å². The second kappa shape index (κ2) is 4.60. The van der Waals surface area contributed by atoms with Gasteiger partial charge in [0.2, 0.25) is 5.28 Å². The molecular weight excluding hydrogens is 234 g/mol. The lowest BCUT2D eigenvalue weighted by Crippen LogP contribution is -2.21. The zero-order valence-electron chi connectivity index (χ0n) is 11.2. The maximum atomic E-state index is 6.16. The van der Waals surface area contributed by atoms with Gasteiger partial charge in [-0.05, 0) is 36.3 Å². The van der Waals surface area contributed by atoms with Crippen molar-refractivity contribution in [1.29, 1.82) is 0 Å². The van der Waals surface area contributed by atoms with Crippen LogP contribution >= 0.6 is 11.6 Å². The van der Waals surface area contributed by atoms with Crippen LogP contribution in [-0.4, -0.2) is 14.8 Å². The van der Waals surface area contributed by atoms with Gasteiger partial charge >= 0.3 is 0 Å². The number of aromatic nitrogens is 3. The molecule has 3 nitrogen and oxygen atoms in total. The molecule has 1 heterocycles. The highest BCUT2D eigenvalue weighted by molar-refractivity contribution is 6.28. The fourth-order valence-corrected chi connectivity index (χ4v) is 2.94. The van der Waals surface area contributed by atoms with Gasteiger partial charge in [0.25, 0.3) is 0 Å². The Kier molecular flexibility index (Phi) is 3.48. The zero-order valence-corrected chi connectivity index (χ0v) is 12.0. The molecule has 2 atom stereocenters. The smallest absolute Gasteiger partial charge is 0.225 e. The molecule has 96 valence electrons. The summed E-state index contributed by atoms with van der Waals surface area (Å²) in [6, 6.07) is 0.